The Bertz CT molecular complexity index is 908. The molecule has 1 aliphatic heterocycles. The van der Waals surface area contributed by atoms with Crippen molar-refractivity contribution in [3.8, 4) is 0 Å². The number of para-hydroxylation sites is 1. The predicted octanol–water partition coefficient (Wildman–Crippen LogP) is 3.19. The highest BCUT2D eigenvalue weighted by Gasteiger charge is 2.36. The molecule has 2 unspecified atom stereocenters. The van der Waals surface area contributed by atoms with Crippen LogP contribution in [0.4, 0.5) is 13.2 Å². The number of fused-ring (bicyclic) bond motifs is 1. The molecule has 4 atom stereocenters. The molecule has 29 heavy (non-hydrogen) atoms. The van der Waals surface area contributed by atoms with E-state index < -0.39 is 18.9 Å². The summed E-state index contributed by atoms with van der Waals surface area (Å²) in [5, 5.41) is 16.4. The smallest absolute Gasteiger partial charge is 0.393 e. The number of thiazole rings is 1. The van der Waals surface area contributed by atoms with Crippen molar-refractivity contribution in [2.45, 2.75) is 56.6 Å². The van der Waals surface area contributed by atoms with Gasteiger partial charge in [-0.05, 0) is 38.3 Å². The number of guanidine groups is 1. The van der Waals surface area contributed by atoms with Gasteiger partial charge in [0.05, 0.1) is 22.2 Å². The number of hydrogen-bond acceptors (Lipinski definition) is 7. The van der Waals surface area contributed by atoms with Crippen LogP contribution in [-0.4, -0.2) is 52.8 Å². The van der Waals surface area contributed by atoms with Crippen LogP contribution in [0.15, 0.2) is 34.3 Å². The zero-order valence-corrected chi connectivity index (χ0v) is 16.6. The Hall–Kier alpha value is -2.04. The maximum atomic E-state index is 12.6. The lowest BCUT2D eigenvalue weighted by Crippen LogP contribution is -2.46. The molecule has 1 aliphatic carbocycles. The van der Waals surface area contributed by atoms with Gasteiger partial charge in [0.2, 0.25) is 5.96 Å². The van der Waals surface area contributed by atoms with Gasteiger partial charge in [-0.2, -0.15) is 13.2 Å². The predicted molar refractivity (Wildman–Crippen MR) is 108 cm³/mol. The lowest BCUT2D eigenvalue weighted by atomic mass is 9.99. The number of halogens is 3. The molecule has 1 aromatic heterocycles. The zero-order valence-electron chi connectivity index (χ0n) is 15.8. The Morgan fingerprint density at radius 2 is 2.03 bits per heavy atom. The van der Waals surface area contributed by atoms with E-state index in [1.165, 1.54) is 11.3 Å². The third-order valence-corrected chi connectivity index (χ3v) is 6.26. The van der Waals surface area contributed by atoms with Gasteiger partial charge < -0.3 is 10.4 Å². The van der Waals surface area contributed by atoms with Crippen molar-refractivity contribution in [1.29, 1.82) is 0 Å². The van der Waals surface area contributed by atoms with Crippen LogP contribution in [0.5, 0.6) is 0 Å². The van der Waals surface area contributed by atoms with Crippen LogP contribution in [0.1, 0.15) is 37.1 Å². The van der Waals surface area contributed by atoms with E-state index in [2.05, 4.69) is 20.6 Å². The summed E-state index contributed by atoms with van der Waals surface area (Å²) in [6, 6.07) is 7.83. The topological polar surface area (TPSA) is 81.9 Å². The van der Waals surface area contributed by atoms with Gasteiger partial charge in [-0.1, -0.05) is 12.1 Å². The minimum Gasteiger partial charge on any atom is -0.393 e. The average molecular weight is 425 g/mol. The first-order valence-corrected chi connectivity index (χ1v) is 10.3. The molecule has 0 bridgehead atoms. The molecule has 1 aromatic carbocycles. The van der Waals surface area contributed by atoms with Gasteiger partial charge in [0, 0.05) is 11.8 Å². The highest BCUT2D eigenvalue weighted by atomic mass is 32.1. The standard InChI is InChI=1S/C19H22F3N5OS/c1-10-15(17-26-13-4-2-3-5-14(13)29-17)16(25-11-6-7-12(28)8-11)27-18(24-10)23-9-19(20,21)22/h2-5,11-12,15-16,25,28H,6-9H2,1H3,(H,23,27)/t11-,12-,15?,16?/m1/s1. The summed E-state index contributed by atoms with van der Waals surface area (Å²) in [4.78, 5) is 13.4. The Morgan fingerprint density at radius 1 is 1.24 bits per heavy atom. The number of alkyl halides is 3. The van der Waals surface area contributed by atoms with Crippen molar-refractivity contribution >= 4 is 33.2 Å². The average Bonchev–Trinajstić information content (AvgIpc) is 3.25. The first-order chi connectivity index (χ1) is 13.8. The molecular weight excluding hydrogens is 403 g/mol. The van der Waals surface area contributed by atoms with Crippen molar-refractivity contribution < 1.29 is 18.3 Å². The minimum absolute atomic E-state index is 0.0340. The molecular formula is C19H22F3N5OS. The highest BCUT2D eigenvalue weighted by Crippen LogP contribution is 2.33. The number of nitrogens with zero attached hydrogens (tertiary/aromatic N) is 3. The van der Waals surface area contributed by atoms with Crippen molar-refractivity contribution in [3.05, 3.63) is 29.3 Å². The zero-order chi connectivity index (χ0) is 20.6. The Kier molecular flexibility index (Phi) is 5.58. The quantitative estimate of drug-likeness (QED) is 0.703. The fraction of sp³-hybridized carbons (Fsp3) is 0.526. The van der Waals surface area contributed by atoms with Crippen LogP contribution in [0.3, 0.4) is 0 Å². The first kappa shape index (κ1) is 20.2. The van der Waals surface area contributed by atoms with Crippen LogP contribution in [0.25, 0.3) is 10.2 Å². The van der Waals surface area contributed by atoms with E-state index in [9.17, 15) is 18.3 Å². The van der Waals surface area contributed by atoms with Crippen molar-refractivity contribution in [2.24, 2.45) is 9.98 Å². The summed E-state index contributed by atoms with van der Waals surface area (Å²) in [6.45, 7) is 0.599. The van der Waals surface area contributed by atoms with E-state index in [1.807, 2.05) is 24.3 Å². The van der Waals surface area contributed by atoms with Gasteiger partial charge in [0.1, 0.15) is 17.7 Å². The lowest BCUT2D eigenvalue weighted by molar-refractivity contribution is -0.122. The monoisotopic (exact) mass is 425 g/mol. The fourth-order valence-electron chi connectivity index (χ4n) is 3.79. The first-order valence-electron chi connectivity index (χ1n) is 9.52. The Labute approximate surface area is 170 Å². The molecule has 2 aromatic rings. The second kappa shape index (κ2) is 8.00. The van der Waals surface area contributed by atoms with Gasteiger partial charge in [0.15, 0.2) is 0 Å². The molecule has 0 radical (unpaired) electrons. The molecule has 6 nitrogen and oxygen atoms in total. The molecule has 2 heterocycles. The van der Waals surface area contributed by atoms with E-state index in [0.29, 0.717) is 18.6 Å². The minimum atomic E-state index is -4.35. The van der Waals surface area contributed by atoms with Crippen LogP contribution in [0, 0.1) is 0 Å². The van der Waals surface area contributed by atoms with E-state index in [4.69, 9.17) is 4.98 Å². The number of aliphatic hydroxyl groups is 1. The number of benzene rings is 1. The second-order valence-electron chi connectivity index (χ2n) is 7.45. The normalized spacial score (nSPS) is 27.8. The summed E-state index contributed by atoms with van der Waals surface area (Å²) in [7, 11) is 0. The van der Waals surface area contributed by atoms with Gasteiger partial charge in [0.25, 0.3) is 0 Å². The summed E-state index contributed by atoms with van der Waals surface area (Å²) in [6.07, 6.45) is -3.13. The van der Waals surface area contributed by atoms with Crippen LogP contribution < -0.4 is 10.6 Å². The summed E-state index contributed by atoms with van der Waals surface area (Å²) in [5.41, 5.74) is 1.53. The molecule has 10 heteroatoms. The third-order valence-electron chi connectivity index (χ3n) is 5.14. The highest BCUT2D eigenvalue weighted by molar-refractivity contribution is 7.18. The molecule has 0 amide bonds. The summed E-state index contributed by atoms with van der Waals surface area (Å²) >= 11 is 1.54. The van der Waals surface area contributed by atoms with Gasteiger partial charge in [-0.3, -0.25) is 5.32 Å². The van der Waals surface area contributed by atoms with Crippen LogP contribution >= 0.6 is 11.3 Å². The number of aromatic nitrogens is 1. The maximum absolute atomic E-state index is 12.6. The molecule has 1 saturated carbocycles. The SMILES string of the molecule is CC1=NC(NCC(F)(F)F)=NC(N[C@@H]2CC[C@@H](O)C2)C1c1nc2ccccc2s1. The molecule has 4 rings (SSSR count). The Balaban J connectivity index is 1.62. The third kappa shape index (κ3) is 4.76. The van der Waals surface area contributed by atoms with Gasteiger partial charge in [-0.25, -0.2) is 15.0 Å². The number of rotatable bonds is 4. The largest absolute Gasteiger partial charge is 0.405 e. The number of aliphatic hydroxyl groups excluding tert-OH is 1. The molecule has 0 saturated heterocycles. The Morgan fingerprint density at radius 3 is 2.72 bits per heavy atom. The van der Waals surface area contributed by atoms with Crippen molar-refractivity contribution in [2.75, 3.05) is 6.54 Å². The lowest BCUT2D eigenvalue weighted by Gasteiger charge is -2.30. The maximum Gasteiger partial charge on any atom is 0.405 e. The van der Waals surface area contributed by atoms with E-state index in [1.54, 1.807) is 6.92 Å². The number of aliphatic imine (C=N–C) groups is 2. The number of hydrogen-bond donors (Lipinski definition) is 3. The van der Waals surface area contributed by atoms with Gasteiger partial charge >= 0.3 is 6.18 Å². The molecule has 3 N–H and O–H groups in total. The number of nitrogens with one attached hydrogen (secondary N) is 2. The molecule has 156 valence electrons. The summed E-state index contributed by atoms with van der Waals surface area (Å²) in [5.74, 6) is -0.310. The van der Waals surface area contributed by atoms with Crippen LogP contribution in [-0.2, 0) is 0 Å². The fourth-order valence-corrected chi connectivity index (χ4v) is 4.95. The molecule has 0 spiro atoms. The van der Waals surface area contributed by atoms with E-state index >= 15 is 0 Å². The second-order valence-corrected chi connectivity index (χ2v) is 8.51. The van der Waals surface area contributed by atoms with Gasteiger partial charge in [-0.15, -0.1) is 11.3 Å². The van der Waals surface area contributed by atoms with E-state index in [0.717, 1.165) is 21.6 Å². The van der Waals surface area contributed by atoms with Crippen molar-refractivity contribution in [1.82, 2.24) is 15.6 Å². The summed E-state index contributed by atoms with van der Waals surface area (Å²) < 4.78 is 38.9. The van der Waals surface area contributed by atoms with E-state index in [-0.39, 0.29) is 24.0 Å². The molecule has 2 aliphatic rings. The van der Waals surface area contributed by atoms with Crippen LogP contribution in [0.2, 0.25) is 0 Å². The molecule has 1 fully saturated rings. The van der Waals surface area contributed by atoms with Crippen molar-refractivity contribution in [3.63, 3.8) is 0 Å².